The zero-order valence-electron chi connectivity index (χ0n) is 40.5. The zero-order valence-corrected chi connectivity index (χ0v) is 40.5. The molecule has 0 aromatic rings. The molecule has 0 aliphatic rings. The largest absolute Gasteiger partial charge is 0.545 e. The fourth-order valence-electron chi connectivity index (χ4n) is 6.68. The van der Waals surface area contributed by atoms with Gasteiger partial charge >= 0.3 is 11.9 Å². The Kier molecular flexibility index (Phi) is 42.4. The van der Waals surface area contributed by atoms with Gasteiger partial charge in [0, 0.05) is 12.8 Å². The molecule has 0 spiro atoms. The summed E-state index contributed by atoms with van der Waals surface area (Å²) in [4.78, 5) is 37.1. The van der Waals surface area contributed by atoms with E-state index in [1.165, 1.54) is 89.9 Å². The second kappa shape index (κ2) is 44.6. The highest BCUT2D eigenvalue weighted by atomic mass is 16.7. The first-order chi connectivity index (χ1) is 30.1. The van der Waals surface area contributed by atoms with Crippen LogP contribution in [0.1, 0.15) is 200 Å². The highest BCUT2D eigenvalue weighted by Gasteiger charge is 2.21. The Morgan fingerprint density at radius 2 is 0.919 bits per heavy atom. The van der Waals surface area contributed by atoms with Crippen molar-refractivity contribution in [3.05, 3.63) is 60.8 Å². The molecule has 2 atom stereocenters. The lowest BCUT2D eigenvalue weighted by Gasteiger charge is -2.26. The van der Waals surface area contributed by atoms with E-state index in [1.807, 2.05) is 21.1 Å². The lowest BCUT2D eigenvalue weighted by atomic mass is 10.0. The highest BCUT2D eigenvalue weighted by Crippen LogP contribution is 2.15. The molecule has 0 amide bonds. The number of carboxylic acid groups (broad SMARTS) is 1. The molecule has 0 radical (unpaired) electrons. The molecule has 9 nitrogen and oxygen atoms in total. The van der Waals surface area contributed by atoms with E-state index in [1.54, 1.807) is 0 Å². The van der Waals surface area contributed by atoms with E-state index in [4.69, 9.17) is 18.9 Å². The van der Waals surface area contributed by atoms with Crippen LogP contribution in [0.4, 0.5) is 0 Å². The number of likely N-dealkylation sites (N-methyl/N-ethyl adjacent to an activating group) is 1. The van der Waals surface area contributed by atoms with Gasteiger partial charge < -0.3 is 33.3 Å². The minimum Gasteiger partial charge on any atom is -0.545 e. The molecule has 0 fully saturated rings. The summed E-state index contributed by atoms with van der Waals surface area (Å²) in [6.45, 7) is 4.62. The first kappa shape index (κ1) is 59.0. The number of rotatable bonds is 45. The highest BCUT2D eigenvalue weighted by molar-refractivity contribution is 5.70. The van der Waals surface area contributed by atoms with Gasteiger partial charge in [-0.1, -0.05) is 190 Å². The van der Waals surface area contributed by atoms with E-state index in [2.05, 4.69) is 74.6 Å². The Morgan fingerprint density at radius 3 is 1.37 bits per heavy atom. The van der Waals surface area contributed by atoms with Crippen molar-refractivity contribution >= 4 is 17.9 Å². The Hall–Kier alpha value is -3.01. The number of allylic oxidation sites excluding steroid dienone is 10. The fourth-order valence-corrected chi connectivity index (χ4v) is 6.68. The van der Waals surface area contributed by atoms with Crippen LogP contribution < -0.4 is 5.11 Å². The van der Waals surface area contributed by atoms with Gasteiger partial charge in [0.15, 0.2) is 12.4 Å². The van der Waals surface area contributed by atoms with Crippen LogP contribution >= 0.6 is 0 Å². The van der Waals surface area contributed by atoms with Gasteiger partial charge in [0.05, 0.1) is 40.3 Å². The lowest BCUT2D eigenvalue weighted by Crippen LogP contribution is -2.44. The van der Waals surface area contributed by atoms with Crippen LogP contribution in [0.2, 0.25) is 0 Å². The summed E-state index contributed by atoms with van der Waals surface area (Å²) in [5.74, 6) is -2.30. The Morgan fingerprint density at radius 1 is 0.500 bits per heavy atom. The number of carboxylic acids is 1. The molecule has 358 valence electrons. The number of aliphatic carboxylic acids is 1. The van der Waals surface area contributed by atoms with Gasteiger partial charge in [-0.05, 0) is 57.8 Å². The van der Waals surface area contributed by atoms with E-state index in [0.717, 1.165) is 77.0 Å². The molecule has 0 aromatic carbocycles. The quantitative estimate of drug-likeness (QED) is 0.0196. The number of hydrogen-bond acceptors (Lipinski definition) is 8. The number of hydrogen-bond donors (Lipinski definition) is 0. The Balaban J connectivity index is 4.37. The maximum Gasteiger partial charge on any atom is 0.306 e. The minimum atomic E-state index is -1.62. The van der Waals surface area contributed by atoms with Crippen molar-refractivity contribution in [2.75, 3.05) is 47.5 Å². The summed E-state index contributed by atoms with van der Waals surface area (Å²) in [6.07, 6.45) is 51.0. The average molecular weight is 872 g/mol. The Labute approximate surface area is 380 Å². The van der Waals surface area contributed by atoms with E-state index in [9.17, 15) is 19.5 Å². The van der Waals surface area contributed by atoms with Crippen LogP contribution in [0, 0.1) is 0 Å². The molecule has 0 N–H and O–H groups in total. The number of esters is 2. The van der Waals surface area contributed by atoms with Gasteiger partial charge in [-0.2, -0.15) is 0 Å². The number of ether oxygens (including phenoxy) is 4. The molecular weight excluding hydrogens is 779 g/mol. The Bertz CT molecular complexity index is 1200. The number of nitrogens with zero attached hydrogens (tertiary/aromatic N) is 1. The van der Waals surface area contributed by atoms with Crippen molar-refractivity contribution in [2.24, 2.45) is 0 Å². The van der Waals surface area contributed by atoms with Gasteiger partial charge in [0.25, 0.3) is 0 Å². The van der Waals surface area contributed by atoms with E-state index >= 15 is 0 Å². The van der Waals surface area contributed by atoms with Crippen LogP contribution in [0.5, 0.6) is 0 Å². The molecule has 0 bridgehead atoms. The second-order valence-corrected chi connectivity index (χ2v) is 17.7. The van der Waals surface area contributed by atoms with Crippen molar-refractivity contribution in [3.8, 4) is 0 Å². The number of unbranched alkanes of at least 4 members (excludes halogenated alkanes) is 20. The topological polar surface area (TPSA) is 111 Å². The van der Waals surface area contributed by atoms with Crippen molar-refractivity contribution in [2.45, 2.75) is 212 Å². The fraction of sp³-hybridized carbons (Fsp3) is 0.755. The number of carbonyl (C=O) groups excluding carboxylic acids is 3. The van der Waals surface area contributed by atoms with Crippen molar-refractivity contribution < 1.29 is 42.9 Å². The molecule has 0 saturated heterocycles. The third-order valence-corrected chi connectivity index (χ3v) is 10.5. The van der Waals surface area contributed by atoms with Gasteiger partial charge in [-0.25, -0.2) is 0 Å². The van der Waals surface area contributed by atoms with E-state index in [0.29, 0.717) is 23.9 Å². The third kappa shape index (κ3) is 45.0. The molecular formula is C53H93NO8. The summed E-state index contributed by atoms with van der Waals surface area (Å²) in [7, 11) is 5.91. The monoisotopic (exact) mass is 872 g/mol. The minimum absolute atomic E-state index is 0.144. The van der Waals surface area contributed by atoms with Crippen molar-refractivity contribution in [3.63, 3.8) is 0 Å². The van der Waals surface area contributed by atoms with Gasteiger partial charge in [-0.15, -0.1) is 0 Å². The summed E-state index contributed by atoms with van der Waals surface area (Å²) in [5.41, 5.74) is 0. The SMILES string of the molecule is CC/C=C\C/C=C\C/C=C\C/C=C\C/C=C\CCCCCCCCCC(=O)OC(COC(=O)CCCCCCCCCCCCCCCC)COC(OCC[N+](C)(C)C)C(=O)[O-]. The maximum atomic E-state index is 12.8. The van der Waals surface area contributed by atoms with Crippen LogP contribution in [0.3, 0.4) is 0 Å². The van der Waals surface area contributed by atoms with Crippen molar-refractivity contribution in [1.82, 2.24) is 0 Å². The summed E-state index contributed by atoms with van der Waals surface area (Å²) in [6, 6.07) is 0. The molecule has 2 unspecified atom stereocenters. The molecule has 0 rings (SSSR count). The average Bonchev–Trinajstić information content (AvgIpc) is 3.23. The smallest absolute Gasteiger partial charge is 0.306 e. The molecule has 0 heterocycles. The van der Waals surface area contributed by atoms with Gasteiger partial charge in [-0.3, -0.25) is 9.59 Å². The van der Waals surface area contributed by atoms with Crippen LogP contribution in [0.15, 0.2) is 60.8 Å². The van der Waals surface area contributed by atoms with Crippen LogP contribution in [-0.4, -0.2) is 82.3 Å². The van der Waals surface area contributed by atoms with Crippen LogP contribution in [-0.2, 0) is 33.3 Å². The zero-order chi connectivity index (χ0) is 45.6. The third-order valence-electron chi connectivity index (χ3n) is 10.5. The first-order valence-corrected chi connectivity index (χ1v) is 24.9. The predicted octanol–water partition coefficient (Wildman–Crippen LogP) is 12.4. The molecule has 0 saturated carbocycles. The number of quaternary nitrogens is 1. The molecule has 0 aromatic heterocycles. The van der Waals surface area contributed by atoms with E-state index in [-0.39, 0.29) is 32.2 Å². The second-order valence-electron chi connectivity index (χ2n) is 17.7. The molecule has 0 aliphatic carbocycles. The maximum absolute atomic E-state index is 12.8. The molecule has 9 heteroatoms. The van der Waals surface area contributed by atoms with Crippen molar-refractivity contribution in [1.29, 1.82) is 0 Å². The summed E-state index contributed by atoms with van der Waals surface area (Å²) in [5, 5.41) is 11.7. The normalized spacial score (nSPS) is 13.4. The summed E-state index contributed by atoms with van der Waals surface area (Å²) < 4.78 is 22.6. The standard InChI is InChI=1S/C53H93NO8/c1-6-8-10-12-14-16-18-20-22-23-24-25-26-27-28-29-30-32-34-36-38-40-42-44-51(56)62-49(48-61-53(52(57)58)59-46-45-54(3,4)5)47-60-50(55)43-41-39-37-35-33-31-21-19-17-15-13-11-9-7-2/h8,10,14,16,20,22,24-25,27-28,49,53H,6-7,9,11-13,15,17-19,21,23,26,29-48H2,1-5H3/b10-8-,16-14-,22-20-,25-24-,28-27-. The number of carbonyl (C=O) groups is 3. The van der Waals surface area contributed by atoms with E-state index < -0.39 is 24.3 Å². The lowest BCUT2D eigenvalue weighted by molar-refractivity contribution is -0.870. The van der Waals surface area contributed by atoms with Gasteiger partial charge in [0.1, 0.15) is 13.2 Å². The summed E-state index contributed by atoms with van der Waals surface area (Å²) >= 11 is 0. The van der Waals surface area contributed by atoms with Crippen LogP contribution in [0.25, 0.3) is 0 Å². The molecule has 0 aliphatic heterocycles. The first-order valence-electron chi connectivity index (χ1n) is 24.9. The molecule has 62 heavy (non-hydrogen) atoms. The predicted molar refractivity (Wildman–Crippen MR) is 255 cm³/mol. The van der Waals surface area contributed by atoms with Gasteiger partial charge in [0.2, 0.25) is 0 Å².